The van der Waals surface area contributed by atoms with E-state index in [2.05, 4.69) is 15.4 Å². The van der Waals surface area contributed by atoms with Gasteiger partial charge in [0, 0.05) is 10.4 Å². The molecular formula is C16H21N5O2S. The van der Waals surface area contributed by atoms with E-state index in [0.717, 1.165) is 20.7 Å². The van der Waals surface area contributed by atoms with Crippen molar-refractivity contribution >= 4 is 33.1 Å². The molecule has 7 nitrogen and oxygen atoms in total. The molecule has 3 aromatic heterocycles. The summed E-state index contributed by atoms with van der Waals surface area (Å²) in [6.45, 7) is 11.4. The molecule has 0 aliphatic heterocycles. The van der Waals surface area contributed by atoms with Gasteiger partial charge in [0.2, 0.25) is 5.91 Å². The molecule has 0 spiro atoms. The number of rotatable bonds is 2. The largest absolute Gasteiger partial charge is 0.352 e. The third-order valence-electron chi connectivity index (χ3n) is 3.82. The Morgan fingerprint density at radius 1 is 1.25 bits per heavy atom. The van der Waals surface area contributed by atoms with Crippen LogP contribution in [-0.4, -0.2) is 30.6 Å². The van der Waals surface area contributed by atoms with Gasteiger partial charge >= 0.3 is 5.69 Å². The number of aromatic nitrogens is 4. The Morgan fingerprint density at radius 3 is 2.54 bits per heavy atom. The zero-order chi connectivity index (χ0) is 17.8. The zero-order valence-electron chi connectivity index (χ0n) is 14.7. The lowest BCUT2D eigenvalue weighted by Gasteiger charge is -2.20. The molecule has 0 aliphatic rings. The summed E-state index contributed by atoms with van der Waals surface area (Å²) >= 11 is 1.59. The minimum atomic E-state index is -0.356. The molecule has 128 valence electrons. The van der Waals surface area contributed by atoms with Crippen LogP contribution in [0, 0.1) is 20.8 Å². The second-order valence-electron chi connectivity index (χ2n) is 7.02. The third-order valence-corrected chi connectivity index (χ3v) is 4.93. The average molecular weight is 347 g/mol. The van der Waals surface area contributed by atoms with Crippen molar-refractivity contribution < 1.29 is 4.79 Å². The lowest BCUT2D eigenvalue weighted by atomic mass is 10.1. The van der Waals surface area contributed by atoms with Crippen molar-refractivity contribution in [3.63, 3.8) is 0 Å². The number of hydrogen-bond acceptors (Lipinski definition) is 5. The van der Waals surface area contributed by atoms with Crippen LogP contribution in [0.5, 0.6) is 0 Å². The fraction of sp³-hybridized carbons (Fsp3) is 0.500. The average Bonchev–Trinajstić information content (AvgIpc) is 2.87. The monoisotopic (exact) mass is 347 g/mol. The second kappa shape index (κ2) is 5.41. The molecular weight excluding hydrogens is 326 g/mol. The van der Waals surface area contributed by atoms with Gasteiger partial charge in [0.05, 0.1) is 5.39 Å². The van der Waals surface area contributed by atoms with Crippen molar-refractivity contribution in [3.8, 4) is 0 Å². The van der Waals surface area contributed by atoms with E-state index in [1.165, 1.54) is 9.08 Å². The van der Waals surface area contributed by atoms with E-state index in [0.29, 0.717) is 11.5 Å². The Labute approximate surface area is 143 Å². The molecule has 24 heavy (non-hydrogen) atoms. The Kier molecular flexibility index (Phi) is 3.75. The Morgan fingerprint density at radius 2 is 1.92 bits per heavy atom. The fourth-order valence-corrected chi connectivity index (χ4v) is 3.78. The summed E-state index contributed by atoms with van der Waals surface area (Å²) in [5.41, 5.74) is 0.937. The summed E-state index contributed by atoms with van der Waals surface area (Å²) in [6.07, 6.45) is 0. The normalized spacial score (nSPS) is 12.2. The number of nitrogens with one attached hydrogen (secondary N) is 1. The zero-order valence-corrected chi connectivity index (χ0v) is 15.5. The van der Waals surface area contributed by atoms with Crippen LogP contribution in [0.15, 0.2) is 4.79 Å². The van der Waals surface area contributed by atoms with E-state index >= 15 is 0 Å². The molecule has 0 saturated heterocycles. The fourth-order valence-electron chi connectivity index (χ4n) is 2.71. The summed E-state index contributed by atoms with van der Waals surface area (Å²) in [5, 5.41) is 8.15. The maximum absolute atomic E-state index is 12.7. The highest BCUT2D eigenvalue weighted by Gasteiger charge is 2.20. The van der Waals surface area contributed by atoms with Gasteiger partial charge in [-0.25, -0.2) is 18.9 Å². The maximum atomic E-state index is 12.7. The van der Waals surface area contributed by atoms with Gasteiger partial charge in [-0.1, -0.05) is 0 Å². The molecule has 0 saturated carbocycles. The molecule has 0 bridgehead atoms. The van der Waals surface area contributed by atoms with Gasteiger partial charge in [-0.05, 0) is 47.1 Å². The number of thiophene rings is 1. The first-order chi connectivity index (χ1) is 11.1. The predicted molar refractivity (Wildman–Crippen MR) is 94.7 cm³/mol. The van der Waals surface area contributed by atoms with Crippen molar-refractivity contribution in [1.82, 2.24) is 24.5 Å². The van der Waals surface area contributed by atoms with E-state index in [4.69, 9.17) is 0 Å². The van der Waals surface area contributed by atoms with Crippen molar-refractivity contribution in [2.45, 2.75) is 53.6 Å². The van der Waals surface area contributed by atoms with Crippen molar-refractivity contribution in [3.05, 3.63) is 26.7 Å². The molecule has 0 atom stereocenters. The van der Waals surface area contributed by atoms with Crippen LogP contribution in [0.4, 0.5) is 0 Å². The topological polar surface area (TPSA) is 81.3 Å². The van der Waals surface area contributed by atoms with Crippen LogP contribution in [-0.2, 0) is 11.3 Å². The molecule has 3 heterocycles. The van der Waals surface area contributed by atoms with Gasteiger partial charge < -0.3 is 5.32 Å². The van der Waals surface area contributed by atoms with Gasteiger partial charge in [-0.2, -0.15) is 0 Å². The van der Waals surface area contributed by atoms with E-state index in [1.54, 1.807) is 18.3 Å². The molecule has 1 N–H and O–H groups in total. The molecule has 0 aliphatic carbocycles. The molecule has 1 amide bonds. The van der Waals surface area contributed by atoms with Crippen LogP contribution in [0.3, 0.4) is 0 Å². The summed E-state index contributed by atoms with van der Waals surface area (Å²) in [5.74, 6) is 0.333. The molecule has 3 aromatic rings. The van der Waals surface area contributed by atoms with Crippen molar-refractivity contribution in [2.24, 2.45) is 0 Å². The number of nitrogens with zero attached hydrogens (tertiary/aromatic N) is 4. The molecule has 0 fully saturated rings. The third kappa shape index (κ3) is 2.71. The van der Waals surface area contributed by atoms with Crippen LogP contribution in [0.25, 0.3) is 15.9 Å². The Balaban J connectivity index is 2.17. The van der Waals surface area contributed by atoms with Gasteiger partial charge in [-0.3, -0.25) is 4.79 Å². The quantitative estimate of drug-likeness (QED) is 0.768. The van der Waals surface area contributed by atoms with Crippen molar-refractivity contribution in [2.75, 3.05) is 0 Å². The van der Waals surface area contributed by atoms with Gasteiger partial charge in [0.25, 0.3) is 0 Å². The summed E-state index contributed by atoms with van der Waals surface area (Å²) < 4.78 is 2.68. The number of carbonyl (C=O) groups is 1. The number of hydrogen-bond donors (Lipinski definition) is 1. The molecule has 0 aromatic carbocycles. The van der Waals surface area contributed by atoms with Gasteiger partial charge in [-0.15, -0.1) is 16.4 Å². The Hall–Kier alpha value is -2.22. The standard InChI is InChI=1S/C16H21N5O2S/c1-8-9(2)24-14-12(8)13-19-20(7-11(22)18-16(4,5)6)15(23)21(13)10(3)17-14/h7H2,1-6H3,(H,18,22). The lowest BCUT2D eigenvalue weighted by molar-refractivity contribution is -0.123. The number of aryl methyl sites for hydroxylation is 3. The minimum absolute atomic E-state index is 0.110. The van der Waals surface area contributed by atoms with Crippen LogP contribution in [0.2, 0.25) is 0 Å². The van der Waals surface area contributed by atoms with Gasteiger partial charge in [0.1, 0.15) is 17.2 Å². The molecule has 0 unspecified atom stereocenters. The van der Waals surface area contributed by atoms with E-state index in [9.17, 15) is 9.59 Å². The number of amides is 1. The van der Waals surface area contributed by atoms with E-state index < -0.39 is 0 Å². The summed E-state index contributed by atoms with van der Waals surface area (Å²) in [7, 11) is 0. The number of fused-ring (bicyclic) bond motifs is 3. The summed E-state index contributed by atoms with van der Waals surface area (Å²) in [4.78, 5) is 31.3. The molecule has 3 rings (SSSR count). The predicted octanol–water partition coefficient (Wildman–Crippen LogP) is 1.95. The number of carbonyl (C=O) groups excluding carboxylic acids is 1. The second-order valence-corrected chi connectivity index (χ2v) is 8.22. The van der Waals surface area contributed by atoms with Crippen LogP contribution < -0.4 is 11.0 Å². The highest BCUT2D eigenvalue weighted by atomic mass is 32.1. The smallest absolute Gasteiger partial charge is 0.350 e. The van der Waals surface area contributed by atoms with Gasteiger partial charge in [0.15, 0.2) is 5.65 Å². The molecule has 8 heteroatoms. The SMILES string of the molecule is Cc1sc2nc(C)n3c(=O)n(CC(=O)NC(C)(C)C)nc3c2c1C. The summed E-state index contributed by atoms with van der Waals surface area (Å²) in [6, 6.07) is 0. The van der Waals surface area contributed by atoms with E-state index in [1.807, 2.05) is 34.6 Å². The van der Waals surface area contributed by atoms with Crippen molar-refractivity contribution in [1.29, 1.82) is 0 Å². The highest BCUT2D eigenvalue weighted by molar-refractivity contribution is 7.18. The molecule has 0 radical (unpaired) electrons. The first-order valence-corrected chi connectivity index (χ1v) is 8.57. The Bertz CT molecular complexity index is 1020. The maximum Gasteiger partial charge on any atom is 0.352 e. The highest BCUT2D eigenvalue weighted by Crippen LogP contribution is 2.31. The van der Waals surface area contributed by atoms with Crippen LogP contribution >= 0.6 is 11.3 Å². The lowest BCUT2D eigenvalue weighted by Crippen LogP contribution is -2.43. The first-order valence-electron chi connectivity index (χ1n) is 7.75. The van der Waals surface area contributed by atoms with E-state index in [-0.39, 0.29) is 23.7 Å². The van der Waals surface area contributed by atoms with Crippen LogP contribution in [0.1, 0.15) is 37.0 Å². The minimum Gasteiger partial charge on any atom is -0.350 e. The first kappa shape index (κ1) is 16.6.